The van der Waals surface area contributed by atoms with E-state index in [1.54, 1.807) is 0 Å². The molecule has 7 heteroatoms. The summed E-state index contributed by atoms with van der Waals surface area (Å²) >= 11 is 0.863. The van der Waals surface area contributed by atoms with Gasteiger partial charge in [-0.25, -0.2) is 9.78 Å². The third kappa shape index (κ3) is 2.09. The number of amides is 1. The van der Waals surface area contributed by atoms with Crippen molar-refractivity contribution in [1.29, 1.82) is 0 Å². The van der Waals surface area contributed by atoms with Crippen LogP contribution in [0.15, 0.2) is 5.38 Å². The van der Waals surface area contributed by atoms with Gasteiger partial charge in [0.2, 0.25) is 6.41 Å². The Hall–Kier alpha value is -1.76. The molecule has 1 aromatic heterocycles. The van der Waals surface area contributed by atoms with Gasteiger partial charge in [-0.05, 0) is 0 Å². The van der Waals surface area contributed by atoms with Gasteiger partial charge in [0, 0.05) is 5.38 Å². The molecular weight excluding hydrogens is 196 g/mol. The molecule has 0 saturated heterocycles. The van der Waals surface area contributed by atoms with E-state index in [4.69, 9.17) is 5.11 Å². The second-order valence-electron chi connectivity index (χ2n) is 1.93. The molecule has 13 heavy (non-hydrogen) atoms. The van der Waals surface area contributed by atoms with Crippen molar-refractivity contribution in [2.24, 2.45) is 0 Å². The molecule has 1 heterocycles. The molecule has 0 aliphatic rings. The highest BCUT2D eigenvalue weighted by Gasteiger charge is 2.18. The number of aliphatic carboxylic acids is 1. The molecule has 1 rings (SSSR count). The molecule has 1 aromatic rings. The fourth-order valence-electron chi connectivity index (χ4n) is 0.596. The first kappa shape index (κ1) is 9.33. The fourth-order valence-corrected chi connectivity index (χ4v) is 1.29. The molecule has 68 valence electrons. The van der Waals surface area contributed by atoms with Crippen molar-refractivity contribution in [2.75, 3.05) is 5.32 Å². The molecule has 0 radical (unpaired) electrons. The number of ketones is 1. The van der Waals surface area contributed by atoms with Crippen LogP contribution in [0.5, 0.6) is 0 Å². The topological polar surface area (TPSA) is 96.4 Å². The molecule has 6 nitrogen and oxygen atoms in total. The van der Waals surface area contributed by atoms with Crippen LogP contribution in [0, 0.1) is 0 Å². The lowest BCUT2D eigenvalue weighted by Gasteiger charge is -1.87. The third-order valence-electron chi connectivity index (χ3n) is 1.10. The maximum atomic E-state index is 10.8. The van der Waals surface area contributed by atoms with Crippen molar-refractivity contribution in [3.05, 3.63) is 10.4 Å². The highest BCUT2D eigenvalue weighted by Crippen LogP contribution is 2.13. The van der Waals surface area contributed by atoms with Crippen molar-refractivity contribution < 1.29 is 19.5 Å². The lowest BCUT2D eigenvalue weighted by Crippen LogP contribution is -2.12. The number of carbonyl (C=O) groups excluding carboxylic acids is 2. The van der Waals surface area contributed by atoms with Gasteiger partial charge < -0.3 is 10.4 Å². The monoisotopic (exact) mass is 200 g/mol. The van der Waals surface area contributed by atoms with E-state index >= 15 is 0 Å². The first-order valence-corrected chi connectivity index (χ1v) is 3.96. The van der Waals surface area contributed by atoms with Crippen molar-refractivity contribution in [3.63, 3.8) is 0 Å². The number of thiazole rings is 1. The quantitative estimate of drug-likeness (QED) is 0.404. The number of nitrogens with zero attached hydrogens (tertiary/aromatic N) is 1. The first-order chi connectivity index (χ1) is 6.15. The zero-order valence-electron chi connectivity index (χ0n) is 6.18. The van der Waals surface area contributed by atoms with E-state index in [0.29, 0.717) is 6.41 Å². The molecule has 1 amide bonds. The summed E-state index contributed by atoms with van der Waals surface area (Å²) in [7, 11) is 0. The Morgan fingerprint density at radius 1 is 1.62 bits per heavy atom. The summed E-state index contributed by atoms with van der Waals surface area (Å²) in [6.45, 7) is 0. The van der Waals surface area contributed by atoms with E-state index in [1.165, 1.54) is 5.38 Å². The number of carboxylic acids is 1. The number of carbonyl (C=O) groups is 3. The largest absolute Gasteiger partial charge is 0.475 e. The van der Waals surface area contributed by atoms with Crippen LogP contribution < -0.4 is 5.32 Å². The van der Waals surface area contributed by atoms with Crippen molar-refractivity contribution in [2.45, 2.75) is 0 Å². The minimum atomic E-state index is -1.56. The van der Waals surface area contributed by atoms with E-state index in [2.05, 4.69) is 10.3 Å². The summed E-state index contributed by atoms with van der Waals surface area (Å²) in [6.07, 6.45) is 0.393. The maximum Gasteiger partial charge on any atom is 0.379 e. The summed E-state index contributed by atoms with van der Waals surface area (Å²) in [5.74, 6) is -2.47. The number of rotatable bonds is 4. The van der Waals surface area contributed by atoms with Gasteiger partial charge in [0.05, 0.1) is 0 Å². The Labute approximate surface area is 76.2 Å². The molecule has 0 aromatic carbocycles. The van der Waals surface area contributed by atoms with Crippen LogP contribution in [-0.4, -0.2) is 28.3 Å². The van der Waals surface area contributed by atoms with Crippen LogP contribution >= 0.6 is 11.3 Å². The standard InChI is InChI=1S/C6H4N2O4S/c9-2-7-3-1-13-5(8-3)4(10)6(11)12/h1-2H,(H,7,9)(H,11,12). The van der Waals surface area contributed by atoms with Gasteiger partial charge in [-0.1, -0.05) is 0 Å². The van der Waals surface area contributed by atoms with Crippen LogP contribution in [0.1, 0.15) is 9.80 Å². The minimum absolute atomic E-state index is 0.156. The van der Waals surface area contributed by atoms with Crippen LogP contribution in [-0.2, 0) is 9.59 Å². The zero-order valence-corrected chi connectivity index (χ0v) is 7.00. The van der Waals surface area contributed by atoms with Gasteiger partial charge in [0.25, 0.3) is 5.78 Å². The highest BCUT2D eigenvalue weighted by molar-refractivity contribution is 7.12. The number of aromatic nitrogens is 1. The number of anilines is 1. The smallest absolute Gasteiger partial charge is 0.379 e. The Morgan fingerprint density at radius 3 is 2.85 bits per heavy atom. The molecule has 0 spiro atoms. The lowest BCUT2D eigenvalue weighted by molar-refractivity contribution is -0.131. The molecule has 0 fully saturated rings. The Morgan fingerprint density at radius 2 is 2.31 bits per heavy atom. The molecule has 0 bridgehead atoms. The average Bonchev–Trinajstić information content (AvgIpc) is 2.52. The van der Waals surface area contributed by atoms with Crippen molar-refractivity contribution in [3.8, 4) is 0 Å². The number of carboxylic acid groups (broad SMARTS) is 1. The Bertz CT molecular complexity index is 359. The second kappa shape index (κ2) is 3.76. The van der Waals surface area contributed by atoms with Gasteiger partial charge in [-0.2, -0.15) is 0 Å². The minimum Gasteiger partial charge on any atom is -0.475 e. The molecule has 0 unspecified atom stereocenters. The van der Waals surface area contributed by atoms with Gasteiger partial charge in [-0.3, -0.25) is 9.59 Å². The highest BCUT2D eigenvalue weighted by atomic mass is 32.1. The summed E-state index contributed by atoms with van der Waals surface area (Å²) in [5, 5.41) is 11.7. The summed E-state index contributed by atoms with van der Waals surface area (Å²) < 4.78 is 0. The molecule has 0 aliphatic heterocycles. The zero-order chi connectivity index (χ0) is 9.84. The van der Waals surface area contributed by atoms with Gasteiger partial charge in [0.1, 0.15) is 5.82 Å². The van der Waals surface area contributed by atoms with Crippen molar-refractivity contribution >= 4 is 35.3 Å². The van der Waals surface area contributed by atoms with Crippen LogP contribution in [0.2, 0.25) is 0 Å². The lowest BCUT2D eigenvalue weighted by atomic mass is 10.4. The second-order valence-corrected chi connectivity index (χ2v) is 2.79. The van der Waals surface area contributed by atoms with Crippen LogP contribution in [0.25, 0.3) is 0 Å². The number of nitrogens with one attached hydrogen (secondary N) is 1. The SMILES string of the molecule is O=CNc1csc(C(=O)C(=O)O)n1. The fraction of sp³-hybridized carbons (Fsp3) is 0. The molecule has 0 saturated carbocycles. The molecular formula is C6H4N2O4S. The predicted molar refractivity (Wildman–Crippen MR) is 43.8 cm³/mol. The van der Waals surface area contributed by atoms with E-state index < -0.39 is 11.8 Å². The Kier molecular flexibility index (Phi) is 2.70. The summed E-state index contributed by atoms with van der Waals surface area (Å²) in [4.78, 5) is 34.5. The summed E-state index contributed by atoms with van der Waals surface area (Å²) in [6, 6.07) is 0. The van der Waals surface area contributed by atoms with E-state index in [1.807, 2.05) is 0 Å². The van der Waals surface area contributed by atoms with E-state index in [0.717, 1.165) is 11.3 Å². The third-order valence-corrected chi connectivity index (χ3v) is 1.94. The van der Waals surface area contributed by atoms with E-state index in [9.17, 15) is 14.4 Å². The first-order valence-electron chi connectivity index (χ1n) is 3.08. The number of hydrogen-bond donors (Lipinski definition) is 2. The average molecular weight is 200 g/mol. The normalized spacial score (nSPS) is 9.23. The molecule has 0 aliphatic carbocycles. The van der Waals surface area contributed by atoms with Gasteiger partial charge >= 0.3 is 5.97 Å². The van der Waals surface area contributed by atoms with Crippen molar-refractivity contribution in [1.82, 2.24) is 4.98 Å². The van der Waals surface area contributed by atoms with Gasteiger partial charge in [-0.15, -0.1) is 11.3 Å². The van der Waals surface area contributed by atoms with Crippen LogP contribution in [0.3, 0.4) is 0 Å². The maximum absolute atomic E-state index is 10.8. The Balaban J connectivity index is 2.85. The number of Topliss-reactive ketones (excluding diaryl/α,β-unsaturated/α-hetero) is 1. The van der Waals surface area contributed by atoms with E-state index in [-0.39, 0.29) is 10.8 Å². The molecule has 0 atom stereocenters. The van der Waals surface area contributed by atoms with Gasteiger partial charge in [0.15, 0.2) is 5.01 Å². The predicted octanol–water partition coefficient (Wildman–Crippen LogP) is -0.0213. The molecule has 2 N–H and O–H groups in total. The summed E-state index contributed by atoms with van der Waals surface area (Å²) in [5.41, 5.74) is 0. The number of hydrogen-bond acceptors (Lipinski definition) is 5. The van der Waals surface area contributed by atoms with Crippen LogP contribution in [0.4, 0.5) is 5.82 Å².